The predicted octanol–water partition coefficient (Wildman–Crippen LogP) is 2.59. The second-order valence-corrected chi connectivity index (χ2v) is 6.42. The SMILES string of the molecule is C[C@H]1CCCCN1C1CN(C(=O)Cc2cccc(F)c2F)C1. The van der Waals surface area contributed by atoms with Crippen LogP contribution in [0.15, 0.2) is 18.2 Å². The molecule has 1 aromatic carbocycles. The van der Waals surface area contributed by atoms with Gasteiger partial charge in [-0.15, -0.1) is 0 Å². The molecule has 0 N–H and O–H groups in total. The topological polar surface area (TPSA) is 23.6 Å². The van der Waals surface area contributed by atoms with Crippen LogP contribution in [0.2, 0.25) is 0 Å². The maximum absolute atomic E-state index is 13.6. The number of nitrogens with zero attached hydrogens (tertiary/aromatic N) is 2. The highest BCUT2D eigenvalue weighted by Gasteiger charge is 2.37. The van der Waals surface area contributed by atoms with E-state index in [0.29, 0.717) is 25.2 Å². The fraction of sp³-hybridized carbons (Fsp3) is 0.588. The van der Waals surface area contributed by atoms with E-state index in [2.05, 4.69) is 11.8 Å². The zero-order valence-corrected chi connectivity index (χ0v) is 12.9. The summed E-state index contributed by atoms with van der Waals surface area (Å²) < 4.78 is 26.8. The first kappa shape index (κ1) is 15.4. The van der Waals surface area contributed by atoms with E-state index in [1.54, 1.807) is 4.90 Å². The van der Waals surface area contributed by atoms with Crippen LogP contribution < -0.4 is 0 Å². The minimum atomic E-state index is -0.905. The van der Waals surface area contributed by atoms with Crippen LogP contribution in [-0.2, 0) is 11.2 Å². The molecule has 1 atom stereocenters. The van der Waals surface area contributed by atoms with Crippen molar-refractivity contribution in [1.29, 1.82) is 0 Å². The van der Waals surface area contributed by atoms with Crippen molar-refractivity contribution in [3.63, 3.8) is 0 Å². The summed E-state index contributed by atoms with van der Waals surface area (Å²) in [5, 5.41) is 0. The molecule has 22 heavy (non-hydrogen) atoms. The van der Waals surface area contributed by atoms with Crippen molar-refractivity contribution in [2.75, 3.05) is 19.6 Å². The monoisotopic (exact) mass is 308 g/mol. The van der Waals surface area contributed by atoms with Crippen molar-refractivity contribution in [1.82, 2.24) is 9.80 Å². The molecule has 1 amide bonds. The maximum Gasteiger partial charge on any atom is 0.227 e. The number of carbonyl (C=O) groups excluding carboxylic acids is 1. The lowest BCUT2D eigenvalue weighted by molar-refractivity contribution is -0.139. The minimum Gasteiger partial charge on any atom is -0.339 e. The molecule has 2 fully saturated rings. The van der Waals surface area contributed by atoms with Crippen molar-refractivity contribution in [2.45, 2.75) is 44.7 Å². The van der Waals surface area contributed by atoms with E-state index in [4.69, 9.17) is 0 Å². The maximum atomic E-state index is 13.6. The van der Waals surface area contributed by atoms with Gasteiger partial charge in [-0.3, -0.25) is 9.69 Å². The third kappa shape index (κ3) is 3.00. The highest BCUT2D eigenvalue weighted by Crippen LogP contribution is 2.25. The van der Waals surface area contributed by atoms with Crippen LogP contribution in [0, 0.1) is 11.6 Å². The molecule has 2 aliphatic heterocycles. The summed E-state index contributed by atoms with van der Waals surface area (Å²) in [4.78, 5) is 16.4. The molecule has 0 bridgehead atoms. The van der Waals surface area contributed by atoms with Gasteiger partial charge in [-0.25, -0.2) is 8.78 Å². The molecule has 0 unspecified atom stereocenters. The number of hydrogen-bond acceptors (Lipinski definition) is 2. The van der Waals surface area contributed by atoms with E-state index < -0.39 is 11.6 Å². The zero-order chi connectivity index (χ0) is 15.7. The van der Waals surface area contributed by atoms with Crippen LogP contribution in [0.1, 0.15) is 31.7 Å². The Morgan fingerprint density at radius 3 is 2.77 bits per heavy atom. The Labute approximate surface area is 129 Å². The molecular formula is C17H22F2N2O. The van der Waals surface area contributed by atoms with Crippen LogP contribution in [0.4, 0.5) is 8.78 Å². The molecule has 3 nitrogen and oxygen atoms in total. The molecule has 120 valence electrons. The van der Waals surface area contributed by atoms with E-state index in [9.17, 15) is 13.6 Å². The van der Waals surface area contributed by atoms with Gasteiger partial charge in [0.2, 0.25) is 5.91 Å². The lowest BCUT2D eigenvalue weighted by Gasteiger charge is -2.49. The van der Waals surface area contributed by atoms with Gasteiger partial charge in [0.25, 0.3) is 0 Å². The van der Waals surface area contributed by atoms with Gasteiger partial charge in [-0.2, -0.15) is 0 Å². The zero-order valence-electron chi connectivity index (χ0n) is 12.9. The van der Waals surface area contributed by atoms with Crippen molar-refractivity contribution < 1.29 is 13.6 Å². The van der Waals surface area contributed by atoms with Gasteiger partial charge >= 0.3 is 0 Å². The summed E-state index contributed by atoms with van der Waals surface area (Å²) in [7, 11) is 0. The Bertz CT molecular complexity index is 558. The number of likely N-dealkylation sites (tertiary alicyclic amines) is 2. The summed E-state index contributed by atoms with van der Waals surface area (Å²) in [6.45, 7) is 4.76. The standard InChI is InChI=1S/C17H22F2N2O/c1-12-5-2-3-8-21(12)14-10-20(11-14)16(22)9-13-6-4-7-15(18)17(13)19/h4,6-7,12,14H,2-3,5,8-11H2,1H3/t12-/m0/s1. The van der Waals surface area contributed by atoms with Crippen LogP contribution in [0.5, 0.6) is 0 Å². The molecule has 2 heterocycles. The van der Waals surface area contributed by atoms with E-state index in [1.165, 1.54) is 31.4 Å². The van der Waals surface area contributed by atoms with Crippen molar-refractivity contribution in [3.8, 4) is 0 Å². The lowest BCUT2D eigenvalue weighted by atomic mass is 9.97. The summed E-state index contributed by atoms with van der Waals surface area (Å²) >= 11 is 0. The fourth-order valence-corrected chi connectivity index (χ4v) is 3.49. The van der Waals surface area contributed by atoms with Gasteiger partial charge in [0.1, 0.15) is 0 Å². The quantitative estimate of drug-likeness (QED) is 0.857. The molecule has 0 saturated carbocycles. The molecule has 1 aromatic rings. The normalized spacial score (nSPS) is 23.4. The van der Waals surface area contributed by atoms with Crippen LogP contribution >= 0.6 is 0 Å². The third-order valence-electron chi connectivity index (χ3n) is 4.91. The van der Waals surface area contributed by atoms with Gasteiger partial charge in [-0.05, 0) is 32.4 Å². The molecular weight excluding hydrogens is 286 g/mol. The first-order valence-electron chi connectivity index (χ1n) is 8.02. The fourth-order valence-electron chi connectivity index (χ4n) is 3.49. The van der Waals surface area contributed by atoms with Crippen LogP contribution in [0.3, 0.4) is 0 Å². The molecule has 0 aliphatic carbocycles. The summed E-state index contributed by atoms with van der Waals surface area (Å²) in [5.74, 6) is -1.92. The van der Waals surface area contributed by atoms with Crippen molar-refractivity contribution in [3.05, 3.63) is 35.4 Å². The summed E-state index contributed by atoms with van der Waals surface area (Å²) in [6.07, 6.45) is 3.67. The highest BCUT2D eigenvalue weighted by atomic mass is 19.2. The average molecular weight is 308 g/mol. The molecule has 5 heteroatoms. The average Bonchev–Trinajstić information content (AvgIpc) is 2.44. The van der Waals surface area contributed by atoms with Crippen molar-refractivity contribution >= 4 is 5.91 Å². The van der Waals surface area contributed by atoms with E-state index in [0.717, 1.165) is 12.6 Å². The molecule has 0 aromatic heterocycles. The molecule has 2 aliphatic rings. The molecule has 0 radical (unpaired) electrons. The Hall–Kier alpha value is -1.49. The number of carbonyl (C=O) groups is 1. The van der Waals surface area contributed by atoms with Gasteiger partial charge in [0.05, 0.1) is 6.42 Å². The van der Waals surface area contributed by atoms with Crippen LogP contribution in [-0.4, -0.2) is 47.4 Å². The van der Waals surface area contributed by atoms with E-state index in [1.807, 2.05) is 0 Å². The van der Waals surface area contributed by atoms with Crippen molar-refractivity contribution in [2.24, 2.45) is 0 Å². The van der Waals surface area contributed by atoms with Gasteiger partial charge < -0.3 is 4.90 Å². The highest BCUT2D eigenvalue weighted by molar-refractivity contribution is 5.79. The van der Waals surface area contributed by atoms with Gasteiger partial charge in [0, 0.05) is 30.7 Å². The molecule has 0 spiro atoms. The van der Waals surface area contributed by atoms with Crippen LogP contribution in [0.25, 0.3) is 0 Å². The van der Waals surface area contributed by atoms with Gasteiger partial charge in [-0.1, -0.05) is 18.6 Å². The molecule has 3 rings (SSSR count). The summed E-state index contributed by atoms with van der Waals surface area (Å²) in [5.41, 5.74) is 0.139. The number of hydrogen-bond donors (Lipinski definition) is 0. The number of amides is 1. The number of rotatable bonds is 3. The summed E-state index contributed by atoms with van der Waals surface area (Å²) in [6, 6.07) is 4.99. The Morgan fingerprint density at radius 2 is 2.05 bits per heavy atom. The van der Waals surface area contributed by atoms with E-state index >= 15 is 0 Å². The number of benzene rings is 1. The second kappa shape index (κ2) is 6.32. The third-order valence-corrected chi connectivity index (χ3v) is 4.91. The lowest BCUT2D eigenvalue weighted by Crippen LogP contribution is -2.63. The second-order valence-electron chi connectivity index (χ2n) is 6.42. The Kier molecular flexibility index (Phi) is 4.43. The minimum absolute atomic E-state index is 0.0636. The number of piperidine rings is 1. The largest absolute Gasteiger partial charge is 0.339 e. The first-order valence-corrected chi connectivity index (χ1v) is 8.02. The first-order chi connectivity index (χ1) is 10.6. The van der Waals surface area contributed by atoms with E-state index in [-0.39, 0.29) is 17.9 Å². The van der Waals surface area contributed by atoms with Gasteiger partial charge in [0.15, 0.2) is 11.6 Å². The smallest absolute Gasteiger partial charge is 0.227 e. The Morgan fingerprint density at radius 1 is 1.27 bits per heavy atom. The number of halogens is 2. The molecule has 2 saturated heterocycles. The Balaban J connectivity index is 1.54. The predicted molar refractivity (Wildman–Crippen MR) is 80.4 cm³/mol.